The first-order chi connectivity index (χ1) is 5.86. The number of hydrogen-bond donors (Lipinski definition) is 1. The van der Waals surface area contributed by atoms with Crippen LogP contribution in [-0.4, -0.2) is 22.8 Å². The summed E-state index contributed by atoms with van der Waals surface area (Å²) >= 11 is 0. The van der Waals surface area contributed by atoms with Crippen molar-refractivity contribution in [2.45, 2.75) is 20.0 Å². The smallest absolute Gasteiger partial charge is 0.0950 e. The van der Waals surface area contributed by atoms with Crippen LogP contribution in [0.2, 0.25) is 0 Å². The standard InChI is InChI=1S/C8H15N3O/c1-2-12-4-3-11-6-8(5-9)10-7-11/h6-7H,2-5,9H2,1H3. The summed E-state index contributed by atoms with van der Waals surface area (Å²) in [5.74, 6) is 0. The van der Waals surface area contributed by atoms with Crippen LogP contribution in [0.4, 0.5) is 0 Å². The first-order valence-electron chi connectivity index (χ1n) is 4.15. The van der Waals surface area contributed by atoms with Gasteiger partial charge in [-0.15, -0.1) is 0 Å². The summed E-state index contributed by atoms with van der Waals surface area (Å²) in [7, 11) is 0. The van der Waals surface area contributed by atoms with Gasteiger partial charge in [0.05, 0.1) is 18.6 Å². The molecule has 0 saturated carbocycles. The molecule has 12 heavy (non-hydrogen) atoms. The van der Waals surface area contributed by atoms with Crippen molar-refractivity contribution in [3.05, 3.63) is 18.2 Å². The maximum Gasteiger partial charge on any atom is 0.0950 e. The Morgan fingerprint density at radius 2 is 2.50 bits per heavy atom. The van der Waals surface area contributed by atoms with Crippen molar-refractivity contribution >= 4 is 0 Å². The predicted octanol–water partition coefficient (Wildman–Crippen LogP) is 0.378. The first-order valence-corrected chi connectivity index (χ1v) is 4.15. The molecule has 0 aliphatic heterocycles. The van der Waals surface area contributed by atoms with Gasteiger partial charge in [0.1, 0.15) is 0 Å². The third-order valence-electron chi connectivity index (χ3n) is 1.59. The Balaban J connectivity index is 2.31. The van der Waals surface area contributed by atoms with Crippen molar-refractivity contribution in [3.63, 3.8) is 0 Å². The molecule has 2 N–H and O–H groups in total. The van der Waals surface area contributed by atoms with Gasteiger partial charge in [0, 0.05) is 25.9 Å². The van der Waals surface area contributed by atoms with Gasteiger partial charge < -0.3 is 15.0 Å². The van der Waals surface area contributed by atoms with Crippen molar-refractivity contribution in [3.8, 4) is 0 Å². The van der Waals surface area contributed by atoms with Crippen LogP contribution in [0.1, 0.15) is 12.6 Å². The van der Waals surface area contributed by atoms with Gasteiger partial charge >= 0.3 is 0 Å². The summed E-state index contributed by atoms with van der Waals surface area (Å²) < 4.78 is 7.18. The second-order valence-corrected chi connectivity index (χ2v) is 2.50. The second-order valence-electron chi connectivity index (χ2n) is 2.50. The molecular formula is C8H15N3O. The minimum absolute atomic E-state index is 0.502. The molecule has 1 aromatic heterocycles. The molecule has 4 heteroatoms. The van der Waals surface area contributed by atoms with E-state index in [1.807, 2.05) is 17.7 Å². The summed E-state index contributed by atoms with van der Waals surface area (Å²) in [6.45, 7) is 4.83. The van der Waals surface area contributed by atoms with Gasteiger partial charge in [0.15, 0.2) is 0 Å². The molecule has 0 aliphatic rings. The van der Waals surface area contributed by atoms with Crippen LogP contribution in [0.3, 0.4) is 0 Å². The van der Waals surface area contributed by atoms with Gasteiger partial charge in [0.2, 0.25) is 0 Å². The number of hydrogen-bond acceptors (Lipinski definition) is 3. The van der Waals surface area contributed by atoms with E-state index in [1.165, 1.54) is 0 Å². The van der Waals surface area contributed by atoms with Crippen molar-refractivity contribution < 1.29 is 4.74 Å². The fourth-order valence-corrected chi connectivity index (χ4v) is 0.948. The Labute approximate surface area is 72.3 Å². The van der Waals surface area contributed by atoms with Gasteiger partial charge in [-0.25, -0.2) is 4.98 Å². The molecule has 0 radical (unpaired) electrons. The van der Waals surface area contributed by atoms with Crippen molar-refractivity contribution in [1.29, 1.82) is 0 Å². The molecule has 0 unspecified atom stereocenters. The molecular weight excluding hydrogens is 154 g/mol. The minimum Gasteiger partial charge on any atom is -0.380 e. The molecule has 0 aliphatic carbocycles. The molecule has 0 amide bonds. The van der Waals surface area contributed by atoms with Gasteiger partial charge in [-0.05, 0) is 6.92 Å². The van der Waals surface area contributed by atoms with Crippen LogP contribution in [0, 0.1) is 0 Å². The average Bonchev–Trinajstić information content (AvgIpc) is 2.53. The lowest BCUT2D eigenvalue weighted by Gasteiger charge is -2.00. The Bertz CT molecular complexity index is 222. The zero-order chi connectivity index (χ0) is 8.81. The summed E-state index contributed by atoms with van der Waals surface area (Å²) in [5.41, 5.74) is 6.33. The monoisotopic (exact) mass is 169 g/mol. The summed E-state index contributed by atoms with van der Waals surface area (Å²) in [4.78, 5) is 4.10. The maximum atomic E-state index is 5.41. The van der Waals surface area contributed by atoms with E-state index in [0.717, 1.165) is 25.5 Å². The fourth-order valence-electron chi connectivity index (χ4n) is 0.948. The Hall–Kier alpha value is -0.870. The van der Waals surface area contributed by atoms with Gasteiger partial charge in [-0.2, -0.15) is 0 Å². The molecule has 0 atom stereocenters. The highest BCUT2D eigenvalue weighted by Gasteiger charge is 1.94. The van der Waals surface area contributed by atoms with E-state index in [2.05, 4.69) is 4.98 Å². The highest BCUT2D eigenvalue weighted by molar-refractivity contribution is 4.95. The summed E-state index contributed by atoms with van der Waals surface area (Å²) in [5, 5.41) is 0. The van der Waals surface area contributed by atoms with Crippen LogP contribution < -0.4 is 5.73 Å². The third kappa shape index (κ3) is 2.64. The number of ether oxygens (including phenoxy) is 1. The maximum absolute atomic E-state index is 5.41. The quantitative estimate of drug-likeness (QED) is 0.648. The molecule has 0 spiro atoms. The van der Waals surface area contributed by atoms with Gasteiger partial charge in [-0.3, -0.25) is 0 Å². The van der Waals surface area contributed by atoms with Crippen LogP contribution in [-0.2, 0) is 17.8 Å². The molecule has 0 saturated heterocycles. The summed E-state index contributed by atoms with van der Waals surface area (Å²) in [6.07, 6.45) is 3.72. The molecule has 4 nitrogen and oxygen atoms in total. The molecule has 1 heterocycles. The minimum atomic E-state index is 0.502. The normalized spacial score (nSPS) is 10.5. The van der Waals surface area contributed by atoms with E-state index < -0.39 is 0 Å². The number of rotatable bonds is 5. The molecule has 0 fully saturated rings. The number of nitrogens with zero attached hydrogens (tertiary/aromatic N) is 2. The van der Waals surface area contributed by atoms with E-state index in [9.17, 15) is 0 Å². The van der Waals surface area contributed by atoms with Crippen LogP contribution in [0.15, 0.2) is 12.5 Å². The average molecular weight is 169 g/mol. The van der Waals surface area contributed by atoms with Gasteiger partial charge in [-0.1, -0.05) is 0 Å². The largest absolute Gasteiger partial charge is 0.380 e. The van der Waals surface area contributed by atoms with Crippen LogP contribution >= 0.6 is 0 Å². The highest BCUT2D eigenvalue weighted by atomic mass is 16.5. The Morgan fingerprint density at radius 1 is 1.67 bits per heavy atom. The zero-order valence-corrected chi connectivity index (χ0v) is 7.36. The summed E-state index contributed by atoms with van der Waals surface area (Å²) in [6, 6.07) is 0. The van der Waals surface area contributed by atoms with E-state index >= 15 is 0 Å². The van der Waals surface area contributed by atoms with Gasteiger partial charge in [0.25, 0.3) is 0 Å². The predicted molar refractivity (Wildman–Crippen MR) is 46.6 cm³/mol. The topological polar surface area (TPSA) is 53.1 Å². The lowest BCUT2D eigenvalue weighted by atomic mass is 10.5. The first kappa shape index (κ1) is 9.22. The van der Waals surface area contributed by atoms with E-state index in [0.29, 0.717) is 6.54 Å². The highest BCUT2D eigenvalue weighted by Crippen LogP contribution is 1.94. The number of imidazole rings is 1. The SMILES string of the molecule is CCOCCn1cnc(CN)c1. The van der Waals surface area contributed by atoms with E-state index in [1.54, 1.807) is 6.33 Å². The lowest BCUT2D eigenvalue weighted by molar-refractivity contribution is 0.139. The molecule has 1 rings (SSSR count). The third-order valence-corrected chi connectivity index (χ3v) is 1.59. The fraction of sp³-hybridized carbons (Fsp3) is 0.625. The molecule has 0 aromatic carbocycles. The van der Waals surface area contributed by atoms with Crippen molar-refractivity contribution in [1.82, 2.24) is 9.55 Å². The zero-order valence-electron chi connectivity index (χ0n) is 7.36. The van der Waals surface area contributed by atoms with E-state index in [4.69, 9.17) is 10.5 Å². The Kier molecular flexibility index (Phi) is 3.76. The molecule has 0 bridgehead atoms. The van der Waals surface area contributed by atoms with Crippen molar-refractivity contribution in [2.24, 2.45) is 5.73 Å². The lowest BCUT2D eigenvalue weighted by Crippen LogP contribution is -2.03. The number of aromatic nitrogens is 2. The molecule has 1 aromatic rings. The number of nitrogens with two attached hydrogens (primary N) is 1. The molecule has 68 valence electrons. The Morgan fingerprint density at radius 3 is 3.08 bits per heavy atom. The van der Waals surface area contributed by atoms with Crippen molar-refractivity contribution in [2.75, 3.05) is 13.2 Å². The second kappa shape index (κ2) is 4.90. The van der Waals surface area contributed by atoms with E-state index in [-0.39, 0.29) is 0 Å². The van der Waals surface area contributed by atoms with Crippen LogP contribution in [0.25, 0.3) is 0 Å². The van der Waals surface area contributed by atoms with Crippen LogP contribution in [0.5, 0.6) is 0 Å².